The highest BCUT2D eigenvalue weighted by Crippen LogP contribution is 2.25. The van der Waals surface area contributed by atoms with Crippen molar-refractivity contribution in [3.05, 3.63) is 71.8 Å². The van der Waals surface area contributed by atoms with Gasteiger partial charge in [0.05, 0.1) is 6.21 Å². The van der Waals surface area contributed by atoms with Gasteiger partial charge in [-0.1, -0.05) is 48.0 Å². The molecule has 0 fully saturated rings. The van der Waals surface area contributed by atoms with Gasteiger partial charge in [-0.05, 0) is 35.9 Å². The lowest BCUT2D eigenvalue weighted by molar-refractivity contribution is -0.124. The van der Waals surface area contributed by atoms with E-state index in [4.69, 9.17) is 0 Å². The van der Waals surface area contributed by atoms with Gasteiger partial charge in [0.1, 0.15) is 5.75 Å². The van der Waals surface area contributed by atoms with E-state index in [1.807, 2.05) is 61.5 Å². The molecular formula is C22H21N3O3. The molecule has 0 radical (unpaired) electrons. The summed E-state index contributed by atoms with van der Waals surface area (Å²) in [4.78, 5) is 23.8. The first-order valence-corrected chi connectivity index (χ1v) is 8.92. The van der Waals surface area contributed by atoms with Crippen LogP contribution in [-0.2, 0) is 9.59 Å². The SMILES string of the molecule is Cc1ccc(NC(=O)CCC(=O)N/N=C/c2c(O)ccc3ccccc23)cc1. The molecule has 0 atom stereocenters. The molecule has 3 aromatic rings. The van der Waals surface area contributed by atoms with Crippen molar-refractivity contribution in [2.45, 2.75) is 19.8 Å². The van der Waals surface area contributed by atoms with Gasteiger partial charge in [0.2, 0.25) is 11.8 Å². The van der Waals surface area contributed by atoms with Crippen molar-refractivity contribution in [3.63, 3.8) is 0 Å². The second-order valence-electron chi connectivity index (χ2n) is 6.43. The van der Waals surface area contributed by atoms with Crippen LogP contribution in [0.5, 0.6) is 5.75 Å². The molecule has 28 heavy (non-hydrogen) atoms. The molecule has 0 spiro atoms. The predicted octanol–water partition coefficient (Wildman–Crippen LogP) is 3.72. The molecule has 0 aliphatic rings. The Morgan fingerprint density at radius 1 is 0.964 bits per heavy atom. The molecule has 6 heteroatoms. The number of fused-ring (bicyclic) bond motifs is 1. The molecule has 0 saturated heterocycles. The van der Waals surface area contributed by atoms with Crippen LogP contribution < -0.4 is 10.7 Å². The Labute approximate surface area is 162 Å². The van der Waals surface area contributed by atoms with E-state index in [0.29, 0.717) is 11.3 Å². The Balaban J connectivity index is 1.52. The third kappa shape index (κ3) is 4.94. The molecule has 0 saturated carbocycles. The molecule has 0 bridgehead atoms. The fraction of sp³-hybridized carbons (Fsp3) is 0.136. The molecule has 0 aliphatic carbocycles. The van der Waals surface area contributed by atoms with E-state index >= 15 is 0 Å². The zero-order chi connectivity index (χ0) is 19.9. The van der Waals surface area contributed by atoms with E-state index in [-0.39, 0.29) is 30.4 Å². The van der Waals surface area contributed by atoms with Crippen LogP contribution in [0.4, 0.5) is 5.69 Å². The summed E-state index contributed by atoms with van der Waals surface area (Å²) in [6, 6.07) is 18.4. The van der Waals surface area contributed by atoms with E-state index in [9.17, 15) is 14.7 Å². The molecule has 0 aromatic heterocycles. The molecule has 3 N–H and O–H groups in total. The maximum Gasteiger partial charge on any atom is 0.240 e. The van der Waals surface area contributed by atoms with Gasteiger partial charge in [0, 0.05) is 24.1 Å². The molecule has 0 aliphatic heterocycles. The zero-order valence-electron chi connectivity index (χ0n) is 15.5. The fourth-order valence-electron chi connectivity index (χ4n) is 2.73. The number of aryl methyl sites for hydroxylation is 1. The van der Waals surface area contributed by atoms with E-state index in [0.717, 1.165) is 16.3 Å². The first-order chi connectivity index (χ1) is 13.5. The fourth-order valence-corrected chi connectivity index (χ4v) is 2.73. The van der Waals surface area contributed by atoms with Crippen molar-refractivity contribution in [2.75, 3.05) is 5.32 Å². The van der Waals surface area contributed by atoms with E-state index in [1.54, 1.807) is 6.07 Å². The largest absolute Gasteiger partial charge is 0.507 e. The summed E-state index contributed by atoms with van der Waals surface area (Å²) in [5, 5.41) is 18.5. The van der Waals surface area contributed by atoms with Crippen molar-refractivity contribution < 1.29 is 14.7 Å². The van der Waals surface area contributed by atoms with Gasteiger partial charge in [-0.2, -0.15) is 5.10 Å². The summed E-state index contributed by atoms with van der Waals surface area (Å²) >= 11 is 0. The second-order valence-corrected chi connectivity index (χ2v) is 6.43. The molecule has 0 heterocycles. The maximum atomic E-state index is 11.9. The summed E-state index contributed by atoms with van der Waals surface area (Å²) in [6.07, 6.45) is 1.47. The van der Waals surface area contributed by atoms with Crippen LogP contribution in [0.1, 0.15) is 24.0 Å². The summed E-state index contributed by atoms with van der Waals surface area (Å²) in [7, 11) is 0. The number of aromatic hydroxyl groups is 1. The number of amides is 2. The highest BCUT2D eigenvalue weighted by Gasteiger charge is 2.08. The third-order valence-corrected chi connectivity index (χ3v) is 4.25. The Morgan fingerprint density at radius 3 is 2.46 bits per heavy atom. The Bertz CT molecular complexity index is 1030. The maximum absolute atomic E-state index is 11.9. The van der Waals surface area contributed by atoms with E-state index in [1.165, 1.54) is 6.21 Å². The number of nitrogens with zero attached hydrogens (tertiary/aromatic N) is 1. The van der Waals surface area contributed by atoms with Crippen molar-refractivity contribution in [2.24, 2.45) is 5.10 Å². The van der Waals surface area contributed by atoms with Crippen LogP contribution in [0.15, 0.2) is 65.8 Å². The first-order valence-electron chi connectivity index (χ1n) is 8.92. The van der Waals surface area contributed by atoms with Crippen molar-refractivity contribution in [1.29, 1.82) is 0 Å². The summed E-state index contributed by atoms with van der Waals surface area (Å²) in [5.41, 5.74) is 4.71. The van der Waals surface area contributed by atoms with Crippen molar-refractivity contribution >= 4 is 34.5 Å². The van der Waals surface area contributed by atoms with Crippen LogP contribution in [0.2, 0.25) is 0 Å². The average molecular weight is 375 g/mol. The Morgan fingerprint density at radius 2 is 1.68 bits per heavy atom. The normalized spacial score (nSPS) is 10.9. The quantitative estimate of drug-likeness (QED) is 0.453. The Kier molecular flexibility index (Phi) is 6.01. The van der Waals surface area contributed by atoms with Gasteiger partial charge in [-0.3, -0.25) is 9.59 Å². The Hall–Kier alpha value is -3.67. The van der Waals surface area contributed by atoms with Gasteiger partial charge in [0.25, 0.3) is 0 Å². The molecule has 2 amide bonds. The number of nitrogens with one attached hydrogen (secondary N) is 2. The minimum Gasteiger partial charge on any atom is -0.507 e. The lowest BCUT2D eigenvalue weighted by Gasteiger charge is -2.06. The van der Waals surface area contributed by atoms with Gasteiger partial charge >= 0.3 is 0 Å². The minimum absolute atomic E-state index is 0.0105. The topological polar surface area (TPSA) is 90.8 Å². The van der Waals surface area contributed by atoms with Crippen LogP contribution >= 0.6 is 0 Å². The lowest BCUT2D eigenvalue weighted by Crippen LogP contribution is -2.20. The summed E-state index contributed by atoms with van der Waals surface area (Å²) < 4.78 is 0. The predicted molar refractivity (Wildman–Crippen MR) is 110 cm³/mol. The number of rotatable bonds is 6. The highest BCUT2D eigenvalue weighted by molar-refractivity contribution is 6.02. The standard InChI is InChI=1S/C22H21N3O3/c1-15-6-9-17(10-7-15)24-21(27)12-13-22(28)25-23-14-19-18-5-3-2-4-16(18)8-11-20(19)26/h2-11,14,26H,12-13H2,1H3,(H,24,27)(H,25,28)/b23-14+. The number of hydrazone groups is 1. The molecule has 0 unspecified atom stereocenters. The summed E-state index contributed by atoms with van der Waals surface area (Å²) in [6.45, 7) is 1.97. The van der Waals surface area contributed by atoms with E-state index < -0.39 is 0 Å². The van der Waals surface area contributed by atoms with Crippen molar-refractivity contribution in [1.82, 2.24) is 5.43 Å². The highest BCUT2D eigenvalue weighted by atomic mass is 16.3. The number of hydrogen-bond acceptors (Lipinski definition) is 4. The average Bonchev–Trinajstić information content (AvgIpc) is 2.70. The number of benzene rings is 3. The number of anilines is 1. The van der Waals surface area contributed by atoms with Crippen LogP contribution in [0, 0.1) is 6.92 Å². The lowest BCUT2D eigenvalue weighted by atomic mass is 10.0. The van der Waals surface area contributed by atoms with Gasteiger partial charge in [0.15, 0.2) is 0 Å². The number of hydrogen-bond donors (Lipinski definition) is 3. The van der Waals surface area contributed by atoms with Crippen LogP contribution in [0.3, 0.4) is 0 Å². The minimum atomic E-state index is -0.380. The first kappa shape index (κ1) is 19.1. The third-order valence-electron chi connectivity index (χ3n) is 4.25. The molecular weight excluding hydrogens is 354 g/mol. The smallest absolute Gasteiger partial charge is 0.240 e. The summed E-state index contributed by atoms with van der Waals surface area (Å²) in [5.74, 6) is -0.543. The molecule has 142 valence electrons. The zero-order valence-corrected chi connectivity index (χ0v) is 15.5. The number of phenols is 1. The van der Waals surface area contributed by atoms with Crippen LogP contribution in [0.25, 0.3) is 10.8 Å². The number of phenolic OH excluding ortho intramolecular Hbond substituents is 1. The molecule has 3 aromatic carbocycles. The van der Waals surface area contributed by atoms with E-state index in [2.05, 4.69) is 15.8 Å². The van der Waals surface area contributed by atoms with Gasteiger partial charge in [-0.15, -0.1) is 0 Å². The monoisotopic (exact) mass is 375 g/mol. The number of carbonyl (C=O) groups excluding carboxylic acids is 2. The van der Waals surface area contributed by atoms with Gasteiger partial charge < -0.3 is 10.4 Å². The second kappa shape index (κ2) is 8.81. The van der Waals surface area contributed by atoms with Crippen molar-refractivity contribution in [3.8, 4) is 5.75 Å². The molecule has 6 nitrogen and oxygen atoms in total. The van der Waals surface area contributed by atoms with Crippen LogP contribution in [-0.4, -0.2) is 23.1 Å². The number of carbonyl (C=O) groups is 2. The van der Waals surface area contributed by atoms with Gasteiger partial charge in [-0.25, -0.2) is 5.43 Å². The molecule has 3 rings (SSSR count).